The lowest BCUT2D eigenvalue weighted by Crippen LogP contribution is -2.28. The highest BCUT2D eigenvalue weighted by Crippen LogP contribution is 2.47. The Morgan fingerprint density at radius 1 is 0.977 bits per heavy atom. The third-order valence-corrected chi connectivity index (χ3v) is 8.48. The zero-order valence-electron chi connectivity index (χ0n) is 24.8. The number of aromatic nitrogens is 1. The normalized spacial score (nSPS) is 15.3. The summed E-state index contributed by atoms with van der Waals surface area (Å²) in [6.07, 6.45) is 0.756. The van der Waals surface area contributed by atoms with Gasteiger partial charge in [0, 0.05) is 24.1 Å². The molecule has 0 saturated heterocycles. The fourth-order valence-corrected chi connectivity index (χ4v) is 6.03. The van der Waals surface area contributed by atoms with Crippen molar-refractivity contribution in [1.29, 1.82) is 0 Å². The Labute approximate surface area is 250 Å². The second kappa shape index (κ2) is 11.3. The summed E-state index contributed by atoms with van der Waals surface area (Å²) in [5.74, 6) is 0.142. The number of Topliss-reactive ketones (excluding diaryl/α,β-unsaturated/α-hetero) is 1. The van der Waals surface area contributed by atoms with Gasteiger partial charge in [-0.15, -0.1) is 0 Å². The van der Waals surface area contributed by atoms with Crippen molar-refractivity contribution in [2.24, 2.45) is 0 Å². The van der Waals surface area contributed by atoms with Crippen LogP contribution >= 0.6 is 0 Å². The van der Waals surface area contributed by atoms with Crippen LogP contribution in [0.1, 0.15) is 81.9 Å². The van der Waals surface area contributed by atoms with E-state index in [9.17, 15) is 14.7 Å². The predicted octanol–water partition coefficient (Wildman–Crippen LogP) is 7.71. The summed E-state index contributed by atoms with van der Waals surface area (Å²) < 4.78 is 17.8. The maximum atomic E-state index is 13.5. The molecule has 1 saturated carbocycles. The van der Waals surface area contributed by atoms with Gasteiger partial charge in [-0.3, -0.25) is 4.79 Å². The number of carbonyl (C=O) groups is 2. The van der Waals surface area contributed by atoms with Gasteiger partial charge in [0.05, 0.1) is 11.3 Å². The lowest BCUT2D eigenvalue weighted by Gasteiger charge is -2.20. The fraction of sp³-hybridized carbons (Fsp3) is 0.306. The molecule has 5 aromatic rings. The summed E-state index contributed by atoms with van der Waals surface area (Å²) >= 11 is 0. The average Bonchev–Trinajstić information content (AvgIpc) is 3.54. The number of aryl methyl sites for hydroxylation is 4. The van der Waals surface area contributed by atoms with Gasteiger partial charge in [0.1, 0.15) is 29.0 Å². The Morgan fingerprint density at radius 3 is 2.40 bits per heavy atom. The van der Waals surface area contributed by atoms with Crippen molar-refractivity contribution in [3.05, 3.63) is 123 Å². The van der Waals surface area contributed by atoms with E-state index in [4.69, 9.17) is 13.7 Å². The molecular formula is C36H35NO6. The Kier molecular flexibility index (Phi) is 7.52. The minimum absolute atomic E-state index is 0.0319. The minimum Gasteiger partial charge on any atom is -0.479 e. The number of ketones is 1. The highest BCUT2D eigenvalue weighted by molar-refractivity contribution is 5.85. The molecule has 2 aromatic heterocycles. The summed E-state index contributed by atoms with van der Waals surface area (Å²) in [6.45, 7) is 7.76. The molecule has 220 valence electrons. The van der Waals surface area contributed by atoms with Crippen LogP contribution in [0.15, 0.2) is 81.7 Å². The molecule has 0 unspecified atom stereocenters. The van der Waals surface area contributed by atoms with Crippen LogP contribution in [0.3, 0.4) is 0 Å². The van der Waals surface area contributed by atoms with Crippen LogP contribution in [-0.4, -0.2) is 27.6 Å². The topological polar surface area (TPSA) is 103 Å². The van der Waals surface area contributed by atoms with E-state index in [2.05, 4.69) is 49.3 Å². The van der Waals surface area contributed by atoms with Crippen LogP contribution in [0.25, 0.3) is 11.0 Å². The van der Waals surface area contributed by atoms with E-state index < -0.39 is 17.7 Å². The highest BCUT2D eigenvalue weighted by Gasteiger charge is 2.54. The van der Waals surface area contributed by atoms with Gasteiger partial charge in [0.25, 0.3) is 0 Å². The number of benzene rings is 3. The van der Waals surface area contributed by atoms with Gasteiger partial charge in [-0.2, -0.15) is 0 Å². The summed E-state index contributed by atoms with van der Waals surface area (Å²) in [6, 6.07) is 24.2. The number of carbonyl (C=O) groups excluding carboxylic acids is 1. The van der Waals surface area contributed by atoms with E-state index in [1.807, 2.05) is 42.5 Å². The predicted molar refractivity (Wildman–Crippen MR) is 162 cm³/mol. The SMILES string of the molecule is Cc1ccc([C@@H](CC(=O)Cc2ccc3oc([C@H](OC4(C(=O)O)CC4)c4c(C)noc4C)cc3c2)c2ccccc2)c(C)c1. The number of ether oxygens (including phenoxy) is 1. The molecule has 0 spiro atoms. The van der Waals surface area contributed by atoms with Crippen LogP contribution in [0.4, 0.5) is 0 Å². The quantitative estimate of drug-likeness (QED) is 0.171. The molecule has 3 aromatic carbocycles. The van der Waals surface area contributed by atoms with E-state index in [0.717, 1.165) is 16.5 Å². The lowest BCUT2D eigenvalue weighted by atomic mass is 9.83. The molecule has 0 bridgehead atoms. The molecule has 2 heterocycles. The first-order valence-corrected chi connectivity index (χ1v) is 14.6. The van der Waals surface area contributed by atoms with Crippen LogP contribution in [-0.2, 0) is 20.7 Å². The highest BCUT2D eigenvalue weighted by atomic mass is 16.6. The molecular weight excluding hydrogens is 542 g/mol. The van der Waals surface area contributed by atoms with Gasteiger partial charge in [-0.05, 0) is 81.0 Å². The molecule has 0 aliphatic heterocycles. The van der Waals surface area contributed by atoms with Gasteiger partial charge < -0.3 is 18.8 Å². The van der Waals surface area contributed by atoms with E-state index in [1.54, 1.807) is 13.8 Å². The summed E-state index contributed by atoms with van der Waals surface area (Å²) in [5.41, 5.74) is 6.22. The standard InChI is InChI=1S/C36H35NO6/c1-21-10-12-29(22(2)16-21)30(26-8-6-5-7-9-26)20-28(38)18-25-11-13-31-27(17-25)19-32(41-31)34(33-23(3)37-43-24(33)4)42-36(14-15-36)35(39)40/h5-13,16-17,19,30,34H,14-15,18,20H2,1-4H3,(H,39,40)/t30-,34-/m0/s1. The number of nitrogens with zero attached hydrogens (tertiary/aromatic N) is 1. The first kappa shape index (κ1) is 28.6. The van der Waals surface area contributed by atoms with Crippen molar-refractivity contribution in [3.63, 3.8) is 0 Å². The monoisotopic (exact) mass is 577 g/mol. The molecule has 43 heavy (non-hydrogen) atoms. The summed E-state index contributed by atoms with van der Waals surface area (Å²) in [7, 11) is 0. The zero-order chi connectivity index (χ0) is 30.3. The number of aliphatic carboxylic acids is 1. The van der Waals surface area contributed by atoms with E-state index in [-0.39, 0.29) is 18.1 Å². The maximum absolute atomic E-state index is 13.5. The van der Waals surface area contributed by atoms with Crippen molar-refractivity contribution in [3.8, 4) is 0 Å². The smallest absolute Gasteiger partial charge is 0.336 e. The van der Waals surface area contributed by atoms with Crippen LogP contribution in [0.5, 0.6) is 0 Å². The zero-order valence-corrected chi connectivity index (χ0v) is 24.8. The second-order valence-corrected chi connectivity index (χ2v) is 11.8. The Bertz CT molecular complexity index is 1790. The molecule has 1 aliphatic rings. The minimum atomic E-state index is -1.25. The van der Waals surface area contributed by atoms with E-state index in [1.165, 1.54) is 16.7 Å². The lowest BCUT2D eigenvalue weighted by molar-refractivity contribution is -0.157. The van der Waals surface area contributed by atoms with Crippen LogP contribution < -0.4 is 0 Å². The van der Waals surface area contributed by atoms with Gasteiger partial charge in [-0.25, -0.2) is 4.79 Å². The number of fused-ring (bicyclic) bond motifs is 1. The number of hydrogen-bond acceptors (Lipinski definition) is 6. The first-order chi connectivity index (χ1) is 20.6. The van der Waals surface area contributed by atoms with Gasteiger partial charge in [0.15, 0.2) is 5.60 Å². The van der Waals surface area contributed by atoms with Crippen molar-refractivity contribution in [2.75, 3.05) is 0 Å². The number of carboxylic acids is 1. The fourth-order valence-electron chi connectivity index (χ4n) is 6.03. The largest absolute Gasteiger partial charge is 0.479 e. The number of carboxylic acid groups (broad SMARTS) is 1. The molecule has 7 heteroatoms. The molecule has 1 fully saturated rings. The third-order valence-electron chi connectivity index (χ3n) is 8.48. The Hall–Kier alpha value is -4.49. The van der Waals surface area contributed by atoms with Gasteiger partial charge in [0.2, 0.25) is 0 Å². The third kappa shape index (κ3) is 5.77. The average molecular weight is 578 g/mol. The van der Waals surface area contributed by atoms with Crippen molar-refractivity contribution in [2.45, 2.75) is 71.0 Å². The van der Waals surface area contributed by atoms with E-state index in [0.29, 0.717) is 47.6 Å². The van der Waals surface area contributed by atoms with Crippen molar-refractivity contribution >= 4 is 22.7 Å². The molecule has 1 aliphatic carbocycles. The van der Waals surface area contributed by atoms with Gasteiger partial charge in [-0.1, -0.05) is 65.3 Å². The van der Waals surface area contributed by atoms with E-state index >= 15 is 0 Å². The first-order valence-electron chi connectivity index (χ1n) is 14.6. The van der Waals surface area contributed by atoms with Crippen LogP contribution in [0.2, 0.25) is 0 Å². The molecule has 1 N–H and O–H groups in total. The molecule has 7 nitrogen and oxygen atoms in total. The van der Waals surface area contributed by atoms with Crippen LogP contribution in [0, 0.1) is 27.7 Å². The van der Waals surface area contributed by atoms with Crippen molar-refractivity contribution in [1.82, 2.24) is 5.16 Å². The molecule has 0 amide bonds. The maximum Gasteiger partial charge on any atom is 0.336 e. The summed E-state index contributed by atoms with van der Waals surface area (Å²) in [5, 5.41) is 14.7. The summed E-state index contributed by atoms with van der Waals surface area (Å²) in [4.78, 5) is 25.5. The molecule has 2 atom stereocenters. The second-order valence-electron chi connectivity index (χ2n) is 11.8. The molecule has 6 rings (SSSR count). The van der Waals surface area contributed by atoms with Crippen molar-refractivity contribution < 1.29 is 28.4 Å². The number of hydrogen-bond donors (Lipinski definition) is 1. The molecule has 0 radical (unpaired) electrons. The number of furan rings is 1. The number of rotatable bonds is 11. The van der Waals surface area contributed by atoms with Gasteiger partial charge >= 0.3 is 5.97 Å². The Balaban J connectivity index is 1.27. The Morgan fingerprint density at radius 2 is 1.74 bits per heavy atom.